The van der Waals surface area contributed by atoms with Gasteiger partial charge in [-0.2, -0.15) is 0 Å². The third kappa shape index (κ3) is 4.50. The number of nitrogens with one attached hydrogen (secondary N) is 1. The van der Waals surface area contributed by atoms with Crippen molar-refractivity contribution in [2.24, 2.45) is 0 Å². The van der Waals surface area contributed by atoms with Crippen LogP contribution in [0.4, 0.5) is 5.69 Å². The highest BCUT2D eigenvalue weighted by atomic mass is 35.5. The van der Waals surface area contributed by atoms with Crippen molar-refractivity contribution in [3.8, 4) is 5.69 Å². The number of fused-ring (bicyclic) bond motifs is 1. The minimum absolute atomic E-state index is 0.109. The van der Waals surface area contributed by atoms with Crippen molar-refractivity contribution in [1.82, 2.24) is 9.55 Å². The van der Waals surface area contributed by atoms with Crippen LogP contribution in [0.2, 0.25) is 5.02 Å². The first-order valence-electron chi connectivity index (χ1n) is 9.70. The SMILES string of the molecule is Cc1ccc(NC(=O)CSc2nc3ccccc3c(=O)n2-c2cccc(Cl)c2C)cc1. The Morgan fingerprint density at radius 2 is 1.77 bits per heavy atom. The first kappa shape index (κ1) is 21.2. The summed E-state index contributed by atoms with van der Waals surface area (Å²) < 4.78 is 1.54. The van der Waals surface area contributed by atoms with Crippen LogP contribution in [0.25, 0.3) is 16.6 Å². The second kappa shape index (κ2) is 8.96. The van der Waals surface area contributed by atoms with Gasteiger partial charge in [-0.1, -0.05) is 59.3 Å². The lowest BCUT2D eigenvalue weighted by molar-refractivity contribution is -0.113. The highest BCUT2D eigenvalue weighted by Crippen LogP contribution is 2.26. The number of thioether (sulfide) groups is 1. The maximum atomic E-state index is 13.3. The Labute approximate surface area is 189 Å². The lowest BCUT2D eigenvalue weighted by atomic mass is 10.2. The van der Waals surface area contributed by atoms with E-state index in [1.807, 2.05) is 56.3 Å². The smallest absolute Gasteiger partial charge is 0.266 e. The molecule has 0 saturated carbocycles. The number of halogens is 1. The fourth-order valence-electron chi connectivity index (χ4n) is 3.22. The number of nitrogens with zero attached hydrogens (tertiary/aromatic N) is 2. The van der Waals surface area contributed by atoms with Crippen LogP contribution >= 0.6 is 23.4 Å². The van der Waals surface area contributed by atoms with Crippen molar-refractivity contribution in [2.45, 2.75) is 19.0 Å². The average molecular weight is 450 g/mol. The molecule has 0 aliphatic carbocycles. The van der Waals surface area contributed by atoms with Gasteiger partial charge in [0.2, 0.25) is 5.91 Å². The van der Waals surface area contributed by atoms with E-state index in [1.165, 1.54) is 16.3 Å². The largest absolute Gasteiger partial charge is 0.325 e. The van der Waals surface area contributed by atoms with E-state index in [-0.39, 0.29) is 17.2 Å². The first-order chi connectivity index (χ1) is 14.9. The molecule has 4 aromatic rings. The molecule has 0 unspecified atom stereocenters. The lowest BCUT2D eigenvalue weighted by Crippen LogP contribution is -2.23. The van der Waals surface area contributed by atoms with Crippen LogP contribution < -0.4 is 10.9 Å². The Bertz CT molecular complexity index is 1330. The van der Waals surface area contributed by atoms with E-state index < -0.39 is 0 Å². The monoisotopic (exact) mass is 449 g/mol. The zero-order valence-corrected chi connectivity index (χ0v) is 18.6. The summed E-state index contributed by atoms with van der Waals surface area (Å²) >= 11 is 7.52. The molecule has 0 atom stereocenters. The number of benzene rings is 3. The maximum absolute atomic E-state index is 13.3. The Morgan fingerprint density at radius 3 is 2.55 bits per heavy atom. The molecule has 1 N–H and O–H groups in total. The Kier molecular flexibility index (Phi) is 6.11. The van der Waals surface area contributed by atoms with Crippen LogP contribution in [0, 0.1) is 13.8 Å². The van der Waals surface area contributed by atoms with Crippen molar-refractivity contribution in [3.63, 3.8) is 0 Å². The summed E-state index contributed by atoms with van der Waals surface area (Å²) in [5, 5.41) is 4.38. The lowest BCUT2D eigenvalue weighted by Gasteiger charge is -2.15. The zero-order chi connectivity index (χ0) is 22.0. The summed E-state index contributed by atoms with van der Waals surface area (Å²) in [7, 11) is 0. The molecule has 3 aromatic carbocycles. The highest BCUT2D eigenvalue weighted by molar-refractivity contribution is 7.99. The molecule has 7 heteroatoms. The number of para-hydroxylation sites is 1. The van der Waals surface area contributed by atoms with Gasteiger partial charge in [-0.15, -0.1) is 0 Å². The second-order valence-electron chi connectivity index (χ2n) is 7.14. The third-order valence-electron chi connectivity index (χ3n) is 4.89. The van der Waals surface area contributed by atoms with Gasteiger partial charge in [0.25, 0.3) is 5.56 Å². The number of anilines is 1. The predicted molar refractivity (Wildman–Crippen MR) is 128 cm³/mol. The van der Waals surface area contributed by atoms with E-state index in [1.54, 1.807) is 24.3 Å². The molecule has 1 aromatic heterocycles. The standard InChI is InChI=1S/C24H20ClN3O2S/c1-15-10-12-17(13-11-15)26-22(29)14-31-24-27-20-8-4-3-6-18(20)23(30)28(24)21-9-5-7-19(25)16(21)2/h3-13H,14H2,1-2H3,(H,26,29). The van der Waals surface area contributed by atoms with Crippen LogP contribution in [0.1, 0.15) is 11.1 Å². The van der Waals surface area contributed by atoms with Crippen LogP contribution in [-0.2, 0) is 4.79 Å². The molecular formula is C24H20ClN3O2S. The van der Waals surface area contributed by atoms with Gasteiger partial charge >= 0.3 is 0 Å². The van der Waals surface area contributed by atoms with Gasteiger partial charge in [0.1, 0.15) is 0 Å². The second-order valence-corrected chi connectivity index (χ2v) is 8.49. The number of hydrogen-bond acceptors (Lipinski definition) is 4. The van der Waals surface area contributed by atoms with E-state index in [2.05, 4.69) is 10.3 Å². The van der Waals surface area contributed by atoms with E-state index in [0.717, 1.165) is 16.8 Å². The van der Waals surface area contributed by atoms with Crippen LogP contribution in [0.3, 0.4) is 0 Å². The quantitative estimate of drug-likeness (QED) is 0.328. The summed E-state index contributed by atoms with van der Waals surface area (Å²) in [6.45, 7) is 3.85. The minimum Gasteiger partial charge on any atom is -0.325 e. The van der Waals surface area contributed by atoms with Crippen LogP contribution in [0.15, 0.2) is 76.7 Å². The molecule has 156 valence electrons. The van der Waals surface area contributed by atoms with E-state index >= 15 is 0 Å². The molecule has 0 spiro atoms. The molecule has 5 nitrogen and oxygen atoms in total. The molecular weight excluding hydrogens is 430 g/mol. The number of rotatable bonds is 5. The molecule has 4 rings (SSSR count). The van der Waals surface area contributed by atoms with E-state index in [0.29, 0.717) is 26.8 Å². The Hall–Kier alpha value is -3.09. The van der Waals surface area contributed by atoms with Crippen molar-refractivity contribution < 1.29 is 4.79 Å². The topological polar surface area (TPSA) is 64.0 Å². The predicted octanol–water partition coefficient (Wildman–Crippen LogP) is 5.39. The van der Waals surface area contributed by atoms with Gasteiger partial charge in [-0.3, -0.25) is 14.2 Å². The molecule has 0 aliphatic heterocycles. The van der Waals surface area contributed by atoms with Gasteiger partial charge in [-0.05, 0) is 55.8 Å². The molecule has 31 heavy (non-hydrogen) atoms. The number of carbonyl (C=O) groups excluding carboxylic acids is 1. The Balaban J connectivity index is 1.71. The number of aromatic nitrogens is 2. The molecule has 0 saturated heterocycles. The van der Waals surface area contributed by atoms with Gasteiger partial charge in [0, 0.05) is 10.7 Å². The molecule has 0 bridgehead atoms. The van der Waals surface area contributed by atoms with Crippen molar-refractivity contribution in [1.29, 1.82) is 0 Å². The Morgan fingerprint density at radius 1 is 1.03 bits per heavy atom. The molecule has 0 aliphatic rings. The average Bonchev–Trinajstić information content (AvgIpc) is 2.76. The first-order valence-corrected chi connectivity index (χ1v) is 11.1. The number of amides is 1. The molecule has 1 heterocycles. The number of hydrogen-bond donors (Lipinski definition) is 1. The summed E-state index contributed by atoms with van der Waals surface area (Å²) in [6.07, 6.45) is 0. The van der Waals surface area contributed by atoms with E-state index in [9.17, 15) is 9.59 Å². The zero-order valence-electron chi connectivity index (χ0n) is 17.1. The summed E-state index contributed by atoms with van der Waals surface area (Å²) in [5.41, 5.74) is 3.66. The van der Waals surface area contributed by atoms with Crippen molar-refractivity contribution in [3.05, 3.63) is 93.2 Å². The van der Waals surface area contributed by atoms with Crippen molar-refractivity contribution in [2.75, 3.05) is 11.1 Å². The fourth-order valence-corrected chi connectivity index (χ4v) is 4.20. The fraction of sp³-hybridized carbons (Fsp3) is 0.125. The van der Waals surface area contributed by atoms with Gasteiger partial charge in [-0.25, -0.2) is 4.98 Å². The van der Waals surface area contributed by atoms with Gasteiger partial charge in [0.05, 0.1) is 22.3 Å². The highest BCUT2D eigenvalue weighted by Gasteiger charge is 2.17. The molecule has 0 radical (unpaired) electrons. The molecule has 0 fully saturated rings. The summed E-state index contributed by atoms with van der Waals surface area (Å²) in [5.74, 6) is -0.0660. The van der Waals surface area contributed by atoms with Crippen LogP contribution in [0.5, 0.6) is 0 Å². The number of carbonyl (C=O) groups is 1. The normalized spacial score (nSPS) is 10.9. The third-order valence-corrected chi connectivity index (χ3v) is 6.24. The number of aryl methyl sites for hydroxylation is 1. The minimum atomic E-state index is -0.197. The maximum Gasteiger partial charge on any atom is 0.266 e. The summed E-state index contributed by atoms with van der Waals surface area (Å²) in [6, 6.07) is 20.2. The van der Waals surface area contributed by atoms with Crippen molar-refractivity contribution >= 4 is 45.9 Å². The van der Waals surface area contributed by atoms with Gasteiger partial charge < -0.3 is 5.32 Å². The summed E-state index contributed by atoms with van der Waals surface area (Å²) in [4.78, 5) is 30.5. The van der Waals surface area contributed by atoms with Crippen LogP contribution in [-0.4, -0.2) is 21.2 Å². The van der Waals surface area contributed by atoms with E-state index in [4.69, 9.17) is 11.6 Å². The molecule has 1 amide bonds. The van der Waals surface area contributed by atoms with Gasteiger partial charge in [0.15, 0.2) is 5.16 Å².